The Kier molecular flexibility index (Phi) is 6.54. The van der Waals surface area contributed by atoms with Crippen molar-refractivity contribution in [2.24, 2.45) is 0 Å². The van der Waals surface area contributed by atoms with Gasteiger partial charge in [-0.3, -0.25) is 14.5 Å². The van der Waals surface area contributed by atoms with E-state index in [9.17, 15) is 14.0 Å². The third kappa shape index (κ3) is 4.51. The SMILES string of the molecule is CCN(CC)c1ccc(NC2=C(c3ccccc3)C(=O)N(Cc3ccccc3F)C2=O)cc1. The molecule has 1 aliphatic rings. The zero-order valence-electron chi connectivity index (χ0n) is 18.7. The summed E-state index contributed by atoms with van der Waals surface area (Å²) in [6.07, 6.45) is 0. The second kappa shape index (κ2) is 9.69. The van der Waals surface area contributed by atoms with Crippen molar-refractivity contribution in [2.75, 3.05) is 23.3 Å². The molecule has 0 fully saturated rings. The first-order valence-electron chi connectivity index (χ1n) is 11.0. The molecule has 1 N–H and O–H groups in total. The predicted octanol–water partition coefficient (Wildman–Crippen LogP) is 5.06. The maximum absolute atomic E-state index is 14.2. The van der Waals surface area contributed by atoms with Crippen molar-refractivity contribution in [3.63, 3.8) is 0 Å². The van der Waals surface area contributed by atoms with E-state index in [1.54, 1.807) is 30.3 Å². The van der Waals surface area contributed by atoms with E-state index >= 15 is 0 Å². The summed E-state index contributed by atoms with van der Waals surface area (Å²) in [5.74, 6) is -1.38. The highest BCUT2D eigenvalue weighted by Crippen LogP contribution is 2.32. The number of benzene rings is 3. The molecule has 0 bridgehead atoms. The lowest BCUT2D eigenvalue weighted by atomic mass is 10.0. The van der Waals surface area contributed by atoms with Crippen molar-refractivity contribution < 1.29 is 14.0 Å². The van der Waals surface area contributed by atoms with Gasteiger partial charge in [0.25, 0.3) is 11.8 Å². The molecule has 0 saturated carbocycles. The van der Waals surface area contributed by atoms with Gasteiger partial charge in [-0.25, -0.2) is 4.39 Å². The zero-order valence-corrected chi connectivity index (χ0v) is 18.7. The van der Waals surface area contributed by atoms with Gasteiger partial charge in [-0.2, -0.15) is 0 Å². The van der Waals surface area contributed by atoms with Crippen molar-refractivity contribution in [1.29, 1.82) is 0 Å². The van der Waals surface area contributed by atoms with Crippen LogP contribution in [-0.2, 0) is 16.1 Å². The van der Waals surface area contributed by atoms with Crippen molar-refractivity contribution in [2.45, 2.75) is 20.4 Å². The van der Waals surface area contributed by atoms with Crippen LogP contribution in [0, 0.1) is 5.82 Å². The van der Waals surface area contributed by atoms with Crippen LogP contribution < -0.4 is 10.2 Å². The molecule has 168 valence electrons. The van der Waals surface area contributed by atoms with E-state index in [-0.39, 0.29) is 23.4 Å². The van der Waals surface area contributed by atoms with Gasteiger partial charge < -0.3 is 10.2 Å². The molecule has 1 aliphatic heterocycles. The van der Waals surface area contributed by atoms with Crippen LogP contribution in [-0.4, -0.2) is 29.8 Å². The molecule has 6 heteroatoms. The predicted molar refractivity (Wildman–Crippen MR) is 129 cm³/mol. The quantitative estimate of drug-likeness (QED) is 0.494. The number of carbonyl (C=O) groups excluding carboxylic acids is 2. The molecule has 2 amide bonds. The Labute approximate surface area is 193 Å². The second-order valence-corrected chi connectivity index (χ2v) is 7.75. The van der Waals surface area contributed by atoms with Crippen LogP contribution in [0.4, 0.5) is 15.8 Å². The number of imide groups is 1. The Bertz CT molecular complexity index is 1190. The monoisotopic (exact) mass is 443 g/mol. The number of hydrogen-bond donors (Lipinski definition) is 1. The van der Waals surface area contributed by atoms with Gasteiger partial charge in [-0.05, 0) is 49.7 Å². The highest BCUT2D eigenvalue weighted by Gasteiger charge is 2.39. The Morgan fingerprint density at radius 1 is 0.818 bits per heavy atom. The summed E-state index contributed by atoms with van der Waals surface area (Å²) >= 11 is 0. The van der Waals surface area contributed by atoms with Gasteiger partial charge in [0.05, 0.1) is 12.1 Å². The fourth-order valence-corrected chi connectivity index (χ4v) is 3.99. The molecule has 0 saturated heterocycles. The molecule has 0 unspecified atom stereocenters. The first kappa shape index (κ1) is 22.3. The highest BCUT2D eigenvalue weighted by atomic mass is 19.1. The molecule has 0 radical (unpaired) electrons. The summed E-state index contributed by atoms with van der Waals surface area (Å²) in [5.41, 5.74) is 3.18. The van der Waals surface area contributed by atoms with Crippen LogP contribution in [0.1, 0.15) is 25.0 Å². The fraction of sp³-hybridized carbons (Fsp3) is 0.185. The van der Waals surface area contributed by atoms with Gasteiger partial charge in [0.2, 0.25) is 0 Å². The van der Waals surface area contributed by atoms with Crippen LogP contribution in [0.25, 0.3) is 5.57 Å². The van der Waals surface area contributed by atoms with Crippen LogP contribution >= 0.6 is 0 Å². The maximum atomic E-state index is 14.2. The number of nitrogens with zero attached hydrogens (tertiary/aromatic N) is 2. The minimum Gasteiger partial charge on any atom is -0.372 e. The molecule has 33 heavy (non-hydrogen) atoms. The van der Waals surface area contributed by atoms with E-state index in [0.717, 1.165) is 23.7 Å². The Balaban J connectivity index is 1.68. The molecule has 4 rings (SSSR count). The highest BCUT2D eigenvalue weighted by molar-refractivity contribution is 6.36. The number of halogens is 1. The van der Waals surface area contributed by atoms with Crippen molar-refractivity contribution in [3.05, 3.63) is 102 Å². The van der Waals surface area contributed by atoms with E-state index in [4.69, 9.17) is 0 Å². The molecular weight excluding hydrogens is 417 g/mol. The number of amides is 2. The number of nitrogens with one attached hydrogen (secondary N) is 1. The van der Waals surface area contributed by atoms with E-state index < -0.39 is 17.6 Å². The van der Waals surface area contributed by atoms with Crippen LogP contribution in [0.2, 0.25) is 0 Å². The molecule has 3 aromatic rings. The van der Waals surface area contributed by atoms with Crippen LogP contribution in [0.3, 0.4) is 0 Å². The lowest BCUT2D eigenvalue weighted by Crippen LogP contribution is -2.32. The van der Waals surface area contributed by atoms with Crippen LogP contribution in [0.5, 0.6) is 0 Å². The van der Waals surface area contributed by atoms with Crippen molar-refractivity contribution in [3.8, 4) is 0 Å². The molecule has 5 nitrogen and oxygen atoms in total. The topological polar surface area (TPSA) is 52.7 Å². The van der Waals surface area contributed by atoms with Gasteiger partial charge in [-0.1, -0.05) is 48.5 Å². The van der Waals surface area contributed by atoms with Gasteiger partial charge in [-0.15, -0.1) is 0 Å². The Hall–Kier alpha value is -3.93. The van der Waals surface area contributed by atoms with Crippen LogP contribution in [0.15, 0.2) is 84.6 Å². The average molecular weight is 444 g/mol. The summed E-state index contributed by atoms with van der Waals surface area (Å²) in [5, 5.41) is 3.16. The fourth-order valence-electron chi connectivity index (χ4n) is 3.99. The Morgan fingerprint density at radius 3 is 2.09 bits per heavy atom. The summed E-state index contributed by atoms with van der Waals surface area (Å²) in [6, 6.07) is 23.0. The normalized spacial score (nSPS) is 13.6. The number of anilines is 2. The molecule has 0 aromatic heterocycles. The van der Waals surface area contributed by atoms with E-state index in [0.29, 0.717) is 11.3 Å². The minimum atomic E-state index is -0.477. The number of carbonyl (C=O) groups is 2. The number of hydrogen-bond acceptors (Lipinski definition) is 4. The first-order chi connectivity index (χ1) is 16.0. The molecule has 0 aliphatic carbocycles. The summed E-state index contributed by atoms with van der Waals surface area (Å²) in [4.78, 5) is 30.0. The van der Waals surface area contributed by atoms with Gasteiger partial charge >= 0.3 is 0 Å². The molecule has 3 aromatic carbocycles. The van der Waals surface area contributed by atoms with Gasteiger partial charge in [0.1, 0.15) is 11.5 Å². The molecular formula is C27H26FN3O2. The number of rotatable bonds is 8. The minimum absolute atomic E-state index is 0.132. The third-order valence-corrected chi connectivity index (χ3v) is 5.78. The van der Waals surface area contributed by atoms with E-state index in [2.05, 4.69) is 24.1 Å². The van der Waals surface area contributed by atoms with E-state index in [1.807, 2.05) is 42.5 Å². The third-order valence-electron chi connectivity index (χ3n) is 5.78. The lowest BCUT2D eigenvalue weighted by Gasteiger charge is -2.21. The zero-order chi connectivity index (χ0) is 23.4. The molecule has 1 heterocycles. The molecule has 0 spiro atoms. The average Bonchev–Trinajstić information content (AvgIpc) is 3.07. The van der Waals surface area contributed by atoms with E-state index in [1.165, 1.54) is 6.07 Å². The summed E-state index contributed by atoms with van der Waals surface area (Å²) in [6.45, 7) is 5.85. The standard InChI is InChI=1S/C27H26FN3O2/c1-3-30(4-2)22-16-14-21(15-17-22)29-25-24(19-10-6-5-7-11-19)26(32)31(27(25)33)18-20-12-8-9-13-23(20)28/h5-17,29H,3-4,18H2,1-2H3. The van der Waals surface area contributed by atoms with Crippen molar-refractivity contribution >= 4 is 28.8 Å². The smallest absolute Gasteiger partial charge is 0.278 e. The van der Waals surface area contributed by atoms with Gasteiger partial charge in [0.15, 0.2) is 0 Å². The first-order valence-corrected chi connectivity index (χ1v) is 11.0. The molecule has 0 atom stereocenters. The summed E-state index contributed by atoms with van der Waals surface area (Å²) < 4.78 is 14.2. The lowest BCUT2D eigenvalue weighted by molar-refractivity contribution is -0.137. The second-order valence-electron chi connectivity index (χ2n) is 7.75. The Morgan fingerprint density at radius 2 is 1.45 bits per heavy atom. The van der Waals surface area contributed by atoms with Crippen molar-refractivity contribution in [1.82, 2.24) is 4.90 Å². The van der Waals surface area contributed by atoms with Gasteiger partial charge in [0, 0.05) is 30.0 Å². The maximum Gasteiger partial charge on any atom is 0.278 e. The summed E-state index contributed by atoms with van der Waals surface area (Å²) in [7, 11) is 0. The largest absolute Gasteiger partial charge is 0.372 e.